The number of aliphatic carboxylic acids is 1. The number of hydrogen-bond donors (Lipinski definition) is 2. The number of hydrogen-bond acceptors (Lipinski definition) is 4. The smallest absolute Gasteiger partial charge is 0.306 e. The summed E-state index contributed by atoms with van der Waals surface area (Å²) in [7, 11) is 0. The lowest BCUT2D eigenvalue weighted by Crippen LogP contribution is -2.31. The molecule has 1 aliphatic rings. The van der Waals surface area contributed by atoms with Gasteiger partial charge in [0.05, 0.1) is 12.8 Å². The summed E-state index contributed by atoms with van der Waals surface area (Å²) in [6, 6.07) is 0. The molecule has 1 heterocycles. The lowest BCUT2D eigenvalue weighted by atomic mass is 10.2. The number of carboxylic acid groups (broad SMARTS) is 1. The Morgan fingerprint density at radius 2 is 2.55 bits per heavy atom. The van der Waals surface area contributed by atoms with E-state index in [0.717, 1.165) is 0 Å². The van der Waals surface area contributed by atoms with Gasteiger partial charge in [0, 0.05) is 0 Å². The topological polar surface area (TPSA) is 92.9 Å². The molecule has 6 nitrogen and oxygen atoms in total. The lowest BCUT2D eigenvalue weighted by Gasteiger charge is -2.07. The minimum atomic E-state index is -1.00. The summed E-state index contributed by atoms with van der Waals surface area (Å²) < 4.78 is 0. The minimum absolute atomic E-state index is 0.0444. The number of carbonyl (C=O) groups is 2. The molecule has 0 bridgehead atoms. The van der Waals surface area contributed by atoms with E-state index in [-0.39, 0.29) is 12.8 Å². The van der Waals surface area contributed by atoms with Crippen molar-refractivity contribution in [1.82, 2.24) is 5.17 Å². The summed E-state index contributed by atoms with van der Waals surface area (Å²) >= 11 is 0. The van der Waals surface area contributed by atoms with Gasteiger partial charge in [0.15, 0.2) is 0 Å². The van der Waals surface area contributed by atoms with Crippen LogP contribution in [0.3, 0.4) is 0 Å². The van der Waals surface area contributed by atoms with Crippen molar-refractivity contribution >= 4 is 11.9 Å². The van der Waals surface area contributed by atoms with Crippen LogP contribution in [0.15, 0.2) is 0 Å². The second-order valence-corrected chi connectivity index (χ2v) is 2.25. The Morgan fingerprint density at radius 3 is 2.91 bits per heavy atom. The van der Waals surface area contributed by atoms with Gasteiger partial charge in [-0.3, -0.25) is 14.4 Å². The van der Waals surface area contributed by atoms with Crippen molar-refractivity contribution in [2.75, 3.05) is 0 Å². The zero-order chi connectivity index (χ0) is 8.43. The van der Waals surface area contributed by atoms with Crippen molar-refractivity contribution in [3.05, 3.63) is 0 Å². The number of carbonyl (C=O) groups excluding carboxylic acids is 1. The number of nitrogens with two attached hydrogens (primary N) is 1. The van der Waals surface area contributed by atoms with E-state index in [4.69, 9.17) is 10.9 Å². The Bertz CT molecular complexity index is 191. The highest BCUT2D eigenvalue weighted by molar-refractivity contribution is 5.78. The van der Waals surface area contributed by atoms with E-state index < -0.39 is 18.0 Å². The van der Waals surface area contributed by atoms with Crippen molar-refractivity contribution in [2.24, 2.45) is 5.84 Å². The predicted octanol–water partition coefficient (Wildman–Crippen LogP) is -1.13. The number of hydroxylamine groups is 1. The Morgan fingerprint density at radius 1 is 1.91 bits per heavy atom. The molecule has 1 amide bonds. The zero-order valence-electron chi connectivity index (χ0n) is 5.69. The monoisotopic (exact) mass is 160 g/mol. The van der Waals surface area contributed by atoms with Gasteiger partial charge in [0.25, 0.3) is 5.91 Å². The summed E-state index contributed by atoms with van der Waals surface area (Å²) in [4.78, 5) is 25.4. The van der Waals surface area contributed by atoms with Crippen molar-refractivity contribution < 1.29 is 19.5 Å². The van der Waals surface area contributed by atoms with E-state index in [1.165, 1.54) is 0 Å². The maximum absolute atomic E-state index is 10.6. The van der Waals surface area contributed by atoms with E-state index in [2.05, 4.69) is 4.84 Å². The third-order valence-electron chi connectivity index (χ3n) is 1.31. The predicted molar refractivity (Wildman–Crippen MR) is 32.8 cm³/mol. The third kappa shape index (κ3) is 1.89. The number of carboxylic acids is 1. The van der Waals surface area contributed by atoms with Crippen LogP contribution in [0.25, 0.3) is 0 Å². The van der Waals surface area contributed by atoms with Crippen LogP contribution in [0.1, 0.15) is 12.8 Å². The molecule has 0 aromatic carbocycles. The van der Waals surface area contributed by atoms with E-state index >= 15 is 0 Å². The third-order valence-corrected chi connectivity index (χ3v) is 1.31. The van der Waals surface area contributed by atoms with Crippen molar-refractivity contribution in [2.45, 2.75) is 18.9 Å². The first-order valence-corrected chi connectivity index (χ1v) is 3.06. The van der Waals surface area contributed by atoms with Gasteiger partial charge in [0.1, 0.15) is 6.10 Å². The molecule has 3 N–H and O–H groups in total. The van der Waals surface area contributed by atoms with Crippen molar-refractivity contribution in [1.29, 1.82) is 0 Å². The van der Waals surface area contributed by atoms with Crippen molar-refractivity contribution in [3.63, 3.8) is 0 Å². The molecular weight excluding hydrogens is 152 g/mol. The summed E-state index contributed by atoms with van der Waals surface area (Å²) in [5, 5.41) is 8.87. The van der Waals surface area contributed by atoms with Crippen LogP contribution in [0, 0.1) is 0 Å². The van der Waals surface area contributed by atoms with Crippen LogP contribution in [-0.4, -0.2) is 28.3 Å². The molecule has 6 heteroatoms. The first kappa shape index (κ1) is 7.96. The highest BCUT2D eigenvalue weighted by Crippen LogP contribution is 2.14. The molecule has 1 unspecified atom stereocenters. The van der Waals surface area contributed by atoms with E-state index in [0.29, 0.717) is 5.17 Å². The van der Waals surface area contributed by atoms with E-state index in [1.54, 1.807) is 0 Å². The fraction of sp³-hybridized carbons (Fsp3) is 0.600. The van der Waals surface area contributed by atoms with Crippen LogP contribution < -0.4 is 5.84 Å². The van der Waals surface area contributed by atoms with Gasteiger partial charge in [-0.15, -0.1) is 0 Å². The Kier molecular flexibility index (Phi) is 2.06. The molecule has 1 saturated heterocycles. The quantitative estimate of drug-likeness (QED) is 0.393. The van der Waals surface area contributed by atoms with Gasteiger partial charge in [-0.05, 0) is 0 Å². The Labute approximate surface area is 62.4 Å². The molecule has 1 fully saturated rings. The highest BCUT2D eigenvalue weighted by atomic mass is 16.7. The number of rotatable bonds is 2. The molecule has 1 atom stereocenters. The molecule has 0 aromatic rings. The van der Waals surface area contributed by atoms with Gasteiger partial charge >= 0.3 is 5.97 Å². The fourth-order valence-electron chi connectivity index (χ4n) is 0.846. The average molecular weight is 160 g/mol. The van der Waals surface area contributed by atoms with Crippen molar-refractivity contribution in [3.8, 4) is 0 Å². The highest BCUT2D eigenvalue weighted by Gasteiger charge is 2.30. The van der Waals surface area contributed by atoms with E-state index in [9.17, 15) is 9.59 Å². The molecular formula is C5H8N2O4. The normalized spacial score (nSPS) is 24.3. The lowest BCUT2D eigenvalue weighted by molar-refractivity contribution is -0.178. The van der Waals surface area contributed by atoms with Crippen LogP contribution in [-0.2, 0) is 14.4 Å². The molecule has 0 saturated carbocycles. The zero-order valence-corrected chi connectivity index (χ0v) is 5.69. The Balaban J connectivity index is 2.41. The number of nitrogens with zero attached hydrogens (tertiary/aromatic N) is 1. The van der Waals surface area contributed by atoms with Crippen LogP contribution in [0.2, 0.25) is 0 Å². The molecule has 1 aliphatic heterocycles. The largest absolute Gasteiger partial charge is 0.481 e. The summed E-state index contributed by atoms with van der Waals surface area (Å²) in [6.07, 6.45) is -0.757. The van der Waals surface area contributed by atoms with Gasteiger partial charge in [0.2, 0.25) is 0 Å². The number of hydrazine groups is 1. The van der Waals surface area contributed by atoms with Crippen LogP contribution in [0.4, 0.5) is 0 Å². The van der Waals surface area contributed by atoms with Gasteiger partial charge in [-0.2, -0.15) is 5.17 Å². The first-order valence-electron chi connectivity index (χ1n) is 3.06. The summed E-state index contributed by atoms with van der Waals surface area (Å²) in [6.45, 7) is 0. The van der Waals surface area contributed by atoms with Gasteiger partial charge < -0.3 is 5.11 Å². The number of amides is 1. The second kappa shape index (κ2) is 2.85. The standard InChI is InChI=1S/C5H8N2O4/c6-7-4(8)1-3(11-7)2-5(9)10/h3H,1-2,6H2,(H,9,10). The molecule has 0 radical (unpaired) electrons. The molecule has 1 rings (SSSR count). The SMILES string of the molecule is NN1OC(CC(=O)O)CC1=O. The van der Waals surface area contributed by atoms with Gasteiger partial charge in [-0.1, -0.05) is 0 Å². The van der Waals surface area contributed by atoms with E-state index in [1.807, 2.05) is 0 Å². The fourth-order valence-corrected chi connectivity index (χ4v) is 0.846. The molecule has 0 aromatic heterocycles. The van der Waals surface area contributed by atoms with Crippen LogP contribution >= 0.6 is 0 Å². The average Bonchev–Trinajstić information content (AvgIpc) is 2.10. The van der Waals surface area contributed by atoms with Crippen LogP contribution in [0.5, 0.6) is 0 Å². The maximum Gasteiger partial charge on any atom is 0.306 e. The summed E-state index contributed by atoms with van der Waals surface area (Å²) in [5.74, 6) is 3.62. The second-order valence-electron chi connectivity index (χ2n) is 2.25. The Hall–Kier alpha value is -1.14. The molecule has 0 spiro atoms. The molecule has 0 aliphatic carbocycles. The minimum Gasteiger partial charge on any atom is -0.481 e. The van der Waals surface area contributed by atoms with Gasteiger partial charge in [-0.25, -0.2) is 5.84 Å². The maximum atomic E-state index is 10.6. The molecule has 62 valence electrons. The first-order chi connectivity index (χ1) is 5.09. The summed E-state index contributed by atoms with van der Waals surface area (Å²) in [5.41, 5.74) is 0. The molecule has 11 heavy (non-hydrogen) atoms.